The van der Waals surface area contributed by atoms with Crippen LogP contribution in [0.5, 0.6) is 0 Å². The summed E-state index contributed by atoms with van der Waals surface area (Å²) in [5, 5.41) is 5.69. The quantitative estimate of drug-likeness (QED) is 0.735. The van der Waals surface area contributed by atoms with Crippen molar-refractivity contribution in [3.8, 4) is 0 Å². The van der Waals surface area contributed by atoms with Crippen molar-refractivity contribution in [1.29, 1.82) is 0 Å². The molecule has 1 aliphatic carbocycles. The fourth-order valence-electron chi connectivity index (χ4n) is 2.14. The molecule has 0 unspecified atom stereocenters. The van der Waals surface area contributed by atoms with Crippen molar-refractivity contribution in [2.24, 2.45) is 5.41 Å². The van der Waals surface area contributed by atoms with Crippen LogP contribution < -0.4 is 10.6 Å². The van der Waals surface area contributed by atoms with E-state index in [0.717, 1.165) is 6.42 Å². The Hall–Kier alpha value is -1.32. The first kappa shape index (κ1) is 16.7. The first-order chi connectivity index (χ1) is 9.39. The Labute approximate surface area is 122 Å². The van der Waals surface area contributed by atoms with E-state index in [1.807, 2.05) is 20.8 Å². The highest BCUT2D eigenvalue weighted by atomic mass is 16.2. The Morgan fingerprint density at radius 2 is 1.90 bits per heavy atom. The van der Waals surface area contributed by atoms with Crippen LogP contribution in [-0.4, -0.2) is 24.9 Å². The van der Waals surface area contributed by atoms with Crippen LogP contribution in [0.15, 0.2) is 11.6 Å². The van der Waals surface area contributed by atoms with Gasteiger partial charge in [0, 0.05) is 24.9 Å². The summed E-state index contributed by atoms with van der Waals surface area (Å²) in [5.74, 6) is -0.00622. The van der Waals surface area contributed by atoms with Crippen molar-refractivity contribution in [2.75, 3.05) is 13.1 Å². The van der Waals surface area contributed by atoms with E-state index in [-0.39, 0.29) is 11.8 Å². The Morgan fingerprint density at radius 3 is 2.50 bits per heavy atom. The number of amides is 2. The normalized spacial score (nSPS) is 15.4. The molecule has 0 fully saturated rings. The van der Waals surface area contributed by atoms with E-state index >= 15 is 0 Å². The molecule has 0 radical (unpaired) electrons. The van der Waals surface area contributed by atoms with Gasteiger partial charge in [-0.25, -0.2) is 0 Å². The van der Waals surface area contributed by atoms with Gasteiger partial charge in [-0.15, -0.1) is 0 Å². The molecule has 0 aromatic heterocycles. The van der Waals surface area contributed by atoms with Gasteiger partial charge in [0.15, 0.2) is 0 Å². The minimum atomic E-state index is -0.399. The molecule has 20 heavy (non-hydrogen) atoms. The van der Waals surface area contributed by atoms with Gasteiger partial charge < -0.3 is 10.6 Å². The molecule has 0 spiro atoms. The lowest BCUT2D eigenvalue weighted by Gasteiger charge is -2.17. The van der Waals surface area contributed by atoms with Gasteiger partial charge in [0.2, 0.25) is 11.8 Å². The molecular weight excluding hydrogens is 252 g/mol. The van der Waals surface area contributed by atoms with Gasteiger partial charge in [0.05, 0.1) is 0 Å². The summed E-state index contributed by atoms with van der Waals surface area (Å²) in [5.41, 5.74) is 1.07. The summed E-state index contributed by atoms with van der Waals surface area (Å²) in [6.07, 6.45) is 8.54. The topological polar surface area (TPSA) is 58.2 Å². The lowest BCUT2D eigenvalue weighted by Crippen LogP contribution is -2.37. The molecule has 0 heterocycles. The second-order valence-corrected chi connectivity index (χ2v) is 6.46. The number of hydrogen-bond acceptors (Lipinski definition) is 2. The smallest absolute Gasteiger partial charge is 0.225 e. The molecule has 4 nitrogen and oxygen atoms in total. The van der Waals surface area contributed by atoms with Gasteiger partial charge in [0.1, 0.15) is 0 Å². The van der Waals surface area contributed by atoms with Gasteiger partial charge in [0.25, 0.3) is 0 Å². The Bertz CT molecular complexity index is 367. The molecule has 0 aliphatic heterocycles. The van der Waals surface area contributed by atoms with Crippen molar-refractivity contribution in [3.05, 3.63) is 11.6 Å². The van der Waals surface area contributed by atoms with E-state index in [4.69, 9.17) is 0 Å². The van der Waals surface area contributed by atoms with Gasteiger partial charge in [-0.3, -0.25) is 9.59 Å². The van der Waals surface area contributed by atoms with Crippen LogP contribution in [0.25, 0.3) is 0 Å². The summed E-state index contributed by atoms with van der Waals surface area (Å²) in [4.78, 5) is 23.3. The molecule has 114 valence electrons. The van der Waals surface area contributed by atoms with Crippen LogP contribution in [-0.2, 0) is 9.59 Å². The minimum Gasteiger partial charge on any atom is -0.356 e. The van der Waals surface area contributed by atoms with Crippen molar-refractivity contribution >= 4 is 11.8 Å². The third-order valence-corrected chi connectivity index (χ3v) is 3.47. The van der Waals surface area contributed by atoms with Gasteiger partial charge in [-0.05, 0) is 32.1 Å². The number of hydrogen-bond donors (Lipinski definition) is 2. The van der Waals surface area contributed by atoms with Crippen LogP contribution in [0.3, 0.4) is 0 Å². The zero-order chi connectivity index (χ0) is 15.0. The molecule has 0 aromatic carbocycles. The summed E-state index contributed by atoms with van der Waals surface area (Å²) in [6, 6.07) is 0. The number of carbonyl (C=O) groups excluding carboxylic acids is 2. The van der Waals surface area contributed by atoms with E-state index in [0.29, 0.717) is 19.5 Å². The highest BCUT2D eigenvalue weighted by molar-refractivity contribution is 5.82. The second-order valence-electron chi connectivity index (χ2n) is 6.46. The number of rotatable bonds is 6. The molecule has 2 N–H and O–H groups in total. The molecule has 0 aromatic rings. The number of carbonyl (C=O) groups is 2. The zero-order valence-electron chi connectivity index (χ0n) is 13.1. The molecule has 4 heteroatoms. The SMILES string of the molecule is CC(C)(C)C(=O)NCCC(=O)NCCC1=CCCCC1. The van der Waals surface area contributed by atoms with E-state index in [2.05, 4.69) is 16.7 Å². The summed E-state index contributed by atoms with van der Waals surface area (Å²) >= 11 is 0. The summed E-state index contributed by atoms with van der Waals surface area (Å²) in [6.45, 7) is 6.70. The standard InChI is InChI=1S/C16H28N2O2/c1-16(2,3)15(20)18-12-10-14(19)17-11-9-13-7-5-4-6-8-13/h7H,4-6,8-12H2,1-3H3,(H,17,19)(H,18,20). The maximum Gasteiger partial charge on any atom is 0.225 e. The Kier molecular flexibility index (Phi) is 6.76. The van der Waals surface area contributed by atoms with E-state index in [1.54, 1.807) is 0 Å². The highest BCUT2D eigenvalue weighted by Crippen LogP contribution is 2.19. The number of nitrogens with one attached hydrogen (secondary N) is 2. The Balaban J connectivity index is 2.09. The average molecular weight is 280 g/mol. The maximum atomic E-state index is 11.6. The van der Waals surface area contributed by atoms with Gasteiger partial charge in [-0.1, -0.05) is 32.4 Å². The van der Waals surface area contributed by atoms with Crippen LogP contribution in [0, 0.1) is 5.41 Å². The van der Waals surface area contributed by atoms with E-state index in [9.17, 15) is 9.59 Å². The minimum absolute atomic E-state index is 0.00983. The first-order valence-electron chi connectivity index (χ1n) is 7.62. The van der Waals surface area contributed by atoms with Crippen LogP contribution in [0.4, 0.5) is 0 Å². The fourth-order valence-corrected chi connectivity index (χ4v) is 2.14. The van der Waals surface area contributed by atoms with Crippen molar-refractivity contribution in [1.82, 2.24) is 10.6 Å². The summed E-state index contributed by atoms with van der Waals surface area (Å²) in [7, 11) is 0. The highest BCUT2D eigenvalue weighted by Gasteiger charge is 2.20. The first-order valence-corrected chi connectivity index (χ1v) is 7.62. The molecule has 0 saturated carbocycles. The van der Waals surface area contributed by atoms with Gasteiger partial charge >= 0.3 is 0 Å². The van der Waals surface area contributed by atoms with E-state index in [1.165, 1.54) is 31.3 Å². The predicted molar refractivity (Wildman–Crippen MR) is 81.3 cm³/mol. The maximum absolute atomic E-state index is 11.6. The molecule has 1 aliphatic rings. The molecular formula is C16H28N2O2. The molecule has 2 amide bonds. The molecule has 0 bridgehead atoms. The van der Waals surface area contributed by atoms with Crippen molar-refractivity contribution < 1.29 is 9.59 Å². The average Bonchev–Trinajstić information content (AvgIpc) is 2.38. The van der Waals surface area contributed by atoms with Gasteiger partial charge in [-0.2, -0.15) is 0 Å². The largest absolute Gasteiger partial charge is 0.356 e. The van der Waals surface area contributed by atoms with Crippen molar-refractivity contribution in [2.45, 2.75) is 59.3 Å². The van der Waals surface area contributed by atoms with Crippen molar-refractivity contribution in [3.63, 3.8) is 0 Å². The molecule has 0 atom stereocenters. The molecule has 0 saturated heterocycles. The zero-order valence-corrected chi connectivity index (χ0v) is 13.1. The summed E-state index contributed by atoms with van der Waals surface area (Å²) < 4.78 is 0. The third kappa shape index (κ3) is 6.73. The van der Waals surface area contributed by atoms with Crippen LogP contribution >= 0.6 is 0 Å². The van der Waals surface area contributed by atoms with Crippen LogP contribution in [0.2, 0.25) is 0 Å². The fraction of sp³-hybridized carbons (Fsp3) is 0.750. The molecule has 1 rings (SSSR count). The monoisotopic (exact) mass is 280 g/mol. The third-order valence-electron chi connectivity index (χ3n) is 3.47. The number of allylic oxidation sites excluding steroid dienone is 1. The van der Waals surface area contributed by atoms with E-state index < -0.39 is 5.41 Å². The lowest BCUT2D eigenvalue weighted by atomic mass is 9.96. The predicted octanol–water partition coefficient (Wildman–Crippen LogP) is 2.55. The second kappa shape index (κ2) is 8.08. The van der Waals surface area contributed by atoms with Crippen LogP contribution in [0.1, 0.15) is 59.3 Å². The Morgan fingerprint density at radius 1 is 1.15 bits per heavy atom. The lowest BCUT2D eigenvalue weighted by molar-refractivity contribution is -0.128.